The van der Waals surface area contributed by atoms with Gasteiger partial charge in [-0.25, -0.2) is 13.8 Å². The van der Waals surface area contributed by atoms with Crippen LogP contribution in [0.25, 0.3) is 0 Å². The van der Waals surface area contributed by atoms with Gasteiger partial charge >= 0.3 is 0 Å². The summed E-state index contributed by atoms with van der Waals surface area (Å²) < 4.78 is 28.1. The van der Waals surface area contributed by atoms with Gasteiger partial charge in [-0.2, -0.15) is 0 Å². The lowest BCUT2D eigenvalue weighted by Gasteiger charge is -2.07. The molecule has 0 radical (unpaired) electrons. The number of amides is 1. The Morgan fingerprint density at radius 1 is 1.11 bits per heavy atom. The van der Waals surface area contributed by atoms with Crippen molar-refractivity contribution in [1.29, 1.82) is 0 Å². The summed E-state index contributed by atoms with van der Waals surface area (Å²) in [7, 11) is 0. The molecule has 1 amide bonds. The Hall–Kier alpha value is -1.34. The Morgan fingerprint density at radius 3 is 2.32 bits per heavy atom. The highest BCUT2D eigenvalue weighted by Crippen LogP contribution is 2.21. The summed E-state index contributed by atoms with van der Waals surface area (Å²) in [5.74, 6) is -2.59. The van der Waals surface area contributed by atoms with Crippen LogP contribution in [-0.2, 0) is 0 Å². The fourth-order valence-electron chi connectivity index (χ4n) is 1.41. The molecule has 1 aromatic heterocycles. The van der Waals surface area contributed by atoms with Gasteiger partial charge in [0.05, 0.1) is 0 Å². The van der Waals surface area contributed by atoms with Gasteiger partial charge in [-0.3, -0.25) is 4.79 Å². The number of benzene rings is 1. The van der Waals surface area contributed by atoms with Gasteiger partial charge in [-0.1, -0.05) is 31.9 Å². The Labute approximate surface area is 124 Å². The number of anilines is 1. The molecule has 0 aliphatic carbocycles. The van der Waals surface area contributed by atoms with E-state index in [9.17, 15) is 13.6 Å². The van der Waals surface area contributed by atoms with Crippen LogP contribution in [0.4, 0.5) is 14.6 Å². The molecular weight excluding hydrogens is 386 g/mol. The van der Waals surface area contributed by atoms with Gasteiger partial charge in [0.25, 0.3) is 5.91 Å². The first-order valence-corrected chi connectivity index (χ1v) is 6.63. The minimum atomic E-state index is -0.945. The van der Waals surface area contributed by atoms with E-state index in [0.29, 0.717) is 4.47 Å². The Bertz CT molecular complexity index is 626. The van der Waals surface area contributed by atoms with Crippen molar-refractivity contribution in [3.63, 3.8) is 0 Å². The van der Waals surface area contributed by atoms with Crippen molar-refractivity contribution in [2.75, 3.05) is 5.32 Å². The third kappa shape index (κ3) is 3.36. The summed E-state index contributed by atoms with van der Waals surface area (Å²) in [6, 6.07) is 5.22. The number of pyridine rings is 1. The molecule has 0 unspecified atom stereocenters. The SMILES string of the molecule is O=C(Nc1cc(Br)ccn1)c1c(F)cc(Br)cc1F. The maximum Gasteiger partial charge on any atom is 0.262 e. The van der Waals surface area contributed by atoms with Crippen molar-refractivity contribution >= 4 is 43.6 Å². The first-order chi connectivity index (χ1) is 8.97. The van der Waals surface area contributed by atoms with E-state index >= 15 is 0 Å². The number of halogens is 4. The van der Waals surface area contributed by atoms with Crippen molar-refractivity contribution in [3.8, 4) is 0 Å². The number of hydrogen-bond acceptors (Lipinski definition) is 2. The third-order valence-electron chi connectivity index (χ3n) is 2.20. The summed E-state index contributed by atoms with van der Waals surface area (Å²) in [6.45, 7) is 0. The molecule has 19 heavy (non-hydrogen) atoms. The van der Waals surface area contributed by atoms with Crippen LogP contribution in [0.1, 0.15) is 10.4 Å². The molecule has 2 rings (SSSR count). The van der Waals surface area contributed by atoms with E-state index in [-0.39, 0.29) is 10.3 Å². The van der Waals surface area contributed by atoms with E-state index in [1.165, 1.54) is 12.3 Å². The van der Waals surface area contributed by atoms with Crippen molar-refractivity contribution in [1.82, 2.24) is 4.98 Å². The van der Waals surface area contributed by atoms with Crippen LogP contribution < -0.4 is 5.32 Å². The first-order valence-electron chi connectivity index (χ1n) is 5.05. The topological polar surface area (TPSA) is 42.0 Å². The molecule has 2 aromatic rings. The van der Waals surface area contributed by atoms with Crippen LogP contribution in [0.5, 0.6) is 0 Å². The predicted octanol–water partition coefficient (Wildman–Crippen LogP) is 4.14. The van der Waals surface area contributed by atoms with Gasteiger partial charge in [-0.15, -0.1) is 0 Å². The van der Waals surface area contributed by atoms with E-state index in [1.807, 2.05) is 0 Å². The van der Waals surface area contributed by atoms with Gasteiger partial charge in [-0.05, 0) is 24.3 Å². The normalized spacial score (nSPS) is 10.3. The van der Waals surface area contributed by atoms with Crippen LogP contribution in [0.3, 0.4) is 0 Å². The van der Waals surface area contributed by atoms with Crippen LogP contribution in [0.2, 0.25) is 0 Å². The molecule has 98 valence electrons. The van der Waals surface area contributed by atoms with E-state index in [4.69, 9.17) is 0 Å². The zero-order valence-electron chi connectivity index (χ0n) is 9.25. The molecule has 3 nitrogen and oxygen atoms in total. The number of nitrogens with one attached hydrogen (secondary N) is 1. The molecule has 0 aliphatic rings. The Balaban J connectivity index is 2.31. The lowest BCUT2D eigenvalue weighted by molar-refractivity contribution is 0.101. The van der Waals surface area contributed by atoms with E-state index in [2.05, 4.69) is 42.2 Å². The highest BCUT2D eigenvalue weighted by Gasteiger charge is 2.18. The molecule has 0 bridgehead atoms. The number of aromatic nitrogens is 1. The van der Waals surface area contributed by atoms with Gasteiger partial charge in [0.1, 0.15) is 23.0 Å². The predicted molar refractivity (Wildman–Crippen MR) is 73.9 cm³/mol. The fourth-order valence-corrected chi connectivity index (χ4v) is 2.15. The molecule has 1 aromatic carbocycles. The highest BCUT2D eigenvalue weighted by atomic mass is 79.9. The standard InChI is InChI=1S/C12H6Br2F2N2O/c13-6-1-2-17-10(5-6)18-12(19)11-8(15)3-7(14)4-9(11)16/h1-5H,(H,17,18,19). The van der Waals surface area contributed by atoms with E-state index in [1.54, 1.807) is 6.07 Å². The van der Waals surface area contributed by atoms with Crippen LogP contribution >= 0.6 is 31.9 Å². The van der Waals surface area contributed by atoms with E-state index in [0.717, 1.165) is 12.1 Å². The Morgan fingerprint density at radius 2 is 1.74 bits per heavy atom. The third-order valence-corrected chi connectivity index (χ3v) is 3.15. The second-order valence-electron chi connectivity index (χ2n) is 3.56. The molecule has 7 heteroatoms. The van der Waals surface area contributed by atoms with Crippen molar-refractivity contribution < 1.29 is 13.6 Å². The number of hydrogen-bond donors (Lipinski definition) is 1. The molecule has 0 aliphatic heterocycles. The van der Waals surface area contributed by atoms with Crippen LogP contribution in [0, 0.1) is 11.6 Å². The quantitative estimate of drug-likeness (QED) is 0.835. The van der Waals surface area contributed by atoms with Crippen molar-refractivity contribution in [2.24, 2.45) is 0 Å². The number of carbonyl (C=O) groups excluding carboxylic acids is 1. The monoisotopic (exact) mass is 390 g/mol. The number of carbonyl (C=O) groups is 1. The maximum absolute atomic E-state index is 13.6. The van der Waals surface area contributed by atoms with Crippen molar-refractivity contribution in [2.45, 2.75) is 0 Å². The zero-order valence-corrected chi connectivity index (χ0v) is 12.4. The van der Waals surface area contributed by atoms with Crippen molar-refractivity contribution in [3.05, 3.63) is 56.6 Å². The second-order valence-corrected chi connectivity index (χ2v) is 5.39. The van der Waals surface area contributed by atoms with Gasteiger partial charge in [0.15, 0.2) is 0 Å². The summed E-state index contributed by atoms with van der Waals surface area (Å²) in [5, 5.41) is 2.32. The molecule has 0 atom stereocenters. The molecule has 1 heterocycles. The average Bonchev–Trinajstić information content (AvgIpc) is 2.27. The molecular formula is C12H6Br2F2N2O. The van der Waals surface area contributed by atoms with E-state index < -0.39 is 23.1 Å². The summed E-state index contributed by atoms with van der Waals surface area (Å²) in [5.41, 5.74) is -0.648. The summed E-state index contributed by atoms with van der Waals surface area (Å²) in [6.07, 6.45) is 1.45. The van der Waals surface area contributed by atoms with Gasteiger partial charge < -0.3 is 5.32 Å². The lowest BCUT2D eigenvalue weighted by Crippen LogP contribution is -2.16. The lowest BCUT2D eigenvalue weighted by atomic mass is 10.2. The maximum atomic E-state index is 13.6. The second kappa shape index (κ2) is 5.75. The minimum Gasteiger partial charge on any atom is -0.306 e. The molecule has 1 N–H and O–H groups in total. The Kier molecular flexibility index (Phi) is 4.26. The zero-order chi connectivity index (χ0) is 14.0. The molecule has 0 saturated carbocycles. The highest BCUT2D eigenvalue weighted by molar-refractivity contribution is 9.10. The first kappa shape index (κ1) is 14.1. The van der Waals surface area contributed by atoms with Crippen LogP contribution in [0.15, 0.2) is 39.4 Å². The van der Waals surface area contributed by atoms with Gasteiger partial charge in [0, 0.05) is 15.1 Å². The average molecular weight is 392 g/mol. The number of rotatable bonds is 2. The molecule has 0 fully saturated rings. The smallest absolute Gasteiger partial charge is 0.262 e. The fraction of sp³-hybridized carbons (Fsp3) is 0. The minimum absolute atomic E-state index is 0.195. The summed E-state index contributed by atoms with van der Waals surface area (Å²) >= 11 is 6.14. The molecule has 0 spiro atoms. The number of nitrogens with zero attached hydrogens (tertiary/aromatic N) is 1. The van der Waals surface area contributed by atoms with Crippen LogP contribution in [-0.4, -0.2) is 10.9 Å². The summed E-state index contributed by atoms with van der Waals surface area (Å²) in [4.78, 5) is 15.7. The molecule has 0 saturated heterocycles. The van der Waals surface area contributed by atoms with Gasteiger partial charge in [0.2, 0.25) is 0 Å². The largest absolute Gasteiger partial charge is 0.306 e.